The summed E-state index contributed by atoms with van der Waals surface area (Å²) in [5.41, 5.74) is 0.658. The number of aliphatic carboxylic acids is 1. The van der Waals surface area contributed by atoms with Gasteiger partial charge in [0.25, 0.3) is 0 Å². The maximum absolute atomic E-state index is 11.1. The molecule has 0 bridgehead atoms. The molecular formula is C16H20O5. The minimum absolute atomic E-state index is 0.0145. The van der Waals surface area contributed by atoms with Crippen LogP contribution in [0.1, 0.15) is 31.2 Å². The van der Waals surface area contributed by atoms with E-state index in [1.54, 1.807) is 7.11 Å². The van der Waals surface area contributed by atoms with Crippen molar-refractivity contribution in [2.45, 2.75) is 37.2 Å². The largest absolute Gasteiger partial charge is 0.493 e. The highest BCUT2D eigenvalue weighted by atomic mass is 16.6. The fraction of sp³-hybridized carbons (Fsp3) is 0.562. The zero-order chi connectivity index (χ0) is 14.9. The van der Waals surface area contributed by atoms with E-state index in [2.05, 4.69) is 0 Å². The summed E-state index contributed by atoms with van der Waals surface area (Å²) in [5, 5.41) is 9.16. The van der Waals surface area contributed by atoms with E-state index in [1.807, 2.05) is 18.2 Å². The Kier molecular flexibility index (Phi) is 3.76. The molecule has 1 aromatic carbocycles. The maximum Gasteiger partial charge on any atom is 0.304 e. The first kappa shape index (κ1) is 14.2. The molecule has 0 radical (unpaired) electrons. The van der Waals surface area contributed by atoms with Gasteiger partial charge in [-0.3, -0.25) is 4.79 Å². The van der Waals surface area contributed by atoms with Gasteiger partial charge in [0.2, 0.25) is 0 Å². The third kappa shape index (κ3) is 2.83. The van der Waals surface area contributed by atoms with Crippen LogP contribution in [-0.4, -0.2) is 37.5 Å². The van der Waals surface area contributed by atoms with Crippen LogP contribution < -0.4 is 9.47 Å². The second-order valence-corrected chi connectivity index (χ2v) is 5.79. The van der Waals surface area contributed by atoms with Crippen molar-refractivity contribution < 1.29 is 24.1 Å². The summed E-state index contributed by atoms with van der Waals surface area (Å²) in [6.07, 6.45) is 2.76. The smallest absolute Gasteiger partial charge is 0.304 e. The SMILES string of the molecule is COc1cccc(C2(CC(=O)O)CC2)c1OC1CCOC1. The molecule has 1 N–H and O–H groups in total. The third-order valence-electron chi connectivity index (χ3n) is 4.29. The van der Waals surface area contributed by atoms with Crippen molar-refractivity contribution in [2.24, 2.45) is 0 Å². The van der Waals surface area contributed by atoms with Crippen molar-refractivity contribution in [1.82, 2.24) is 0 Å². The lowest BCUT2D eigenvalue weighted by Crippen LogP contribution is -2.20. The van der Waals surface area contributed by atoms with Gasteiger partial charge >= 0.3 is 5.97 Å². The highest BCUT2D eigenvalue weighted by molar-refractivity contribution is 5.71. The van der Waals surface area contributed by atoms with Gasteiger partial charge in [-0.25, -0.2) is 0 Å². The molecule has 21 heavy (non-hydrogen) atoms. The van der Waals surface area contributed by atoms with Gasteiger partial charge in [0.15, 0.2) is 11.5 Å². The summed E-state index contributed by atoms with van der Waals surface area (Å²) in [6, 6.07) is 5.71. The number of rotatable bonds is 6. The number of para-hydroxylation sites is 1. The topological polar surface area (TPSA) is 65.0 Å². The van der Waals surface area contributed by atoms with Crippen molar-refractivity contribution in [3.63, 3.8) is 0 Å². The van der Waals surface area contributed by atoms with Crippen LogP contribution in [-0.2, 0) is 14.9 Å². The quantitative estimate of drug-likeness (QED) is 0.872. The number of carboxylic acids is 1. The number of benzene rings is 1. The standard InChI is InChI=1S/C16H20O5/c1-19-13-4-2-3-12(16(6-7-16)9-14(17)18)15(13)21-11-5-8-20-10-11/h2-4,11H,5-10H2,1H3,(H,17,18). The van der Waals surface area contributed by atoms with Gasteiger partial charge in [-0.05, 0) is 18.9 Å². The van der Waals surface area contributed by atoms with Gasteiger partial charge in [-0.15, -0.1) is 0 Å². The molecule has 1 saturated carbocycles. The molecule has 1 atom stereocenters. The first-order valence-corrected chi connectivity index (χ1v) is 7.28. The van der Waals surface area contributed by atoms with Crippen molar-refractivity contribution in [1.29, 1.82) is 0 Å². The van der Waals surface area contributed by atoms with E-state index < -0.39 is 5.97 Å². The average molecular weight is 292 g/mol. The van der Waals surface area contributed by atoms with E-state index in [0.29, 0.717) is 24.7 Å². The third-order valence-corrected chi connectivity index (χ3v) is 4.29. The lowest BCUT2D eigenvalue weighted by molar-refractivity contribution is -0.137. The van der Waals surface area contributed by atoms with Gasteiger partial charge < -0.3 is 19.3 Å². The summed E-state index contributed by atoms with van der Waals surface area (Å²) in [5.74, 6) is 0.579. The van der Waals surface area contributed by atoms with Crippen molar-refractivity contribution in [3.8, 4) is 11.5 Å². The Balaban J connectivity index is 1.93. The average Bonchev–Trinajstić information content (AvgIpc) is 3.04. The number of methoxy groups -OCH3 is 1. The molecule has 1 heterocycles. The first-order chi connectivity index (χ1) is 10.1. The minimum atomic E-state index is -0.773. The van der Waals surface area contributed by atoms with Crippen LogP contribution >= 0.6 is 0 Å². The Morgan fingerprint density at radius 1 is 1.48 bits per heavy atom. The Morgan fingerprint density at radius 2 is 2.29 bits per heavy atom. The molecule has 1 aliphatic heterocycles. The zero-order valence-corrected chi connectivity index (χ0v) is 12.1. The minimum Gasteiger partial charge on any atom is -0.493 e. The molecule has 1 aliphatic carbocycles. The van der Waals surface area contributed by atoms with E-state index in [0.717, 1.165) is 24.8 Å². The number of hydrogen-bond acceptors (Lipinski definition) is 4. The van der Waals surface area contributed by atoms with Gasteiger partial charge in [0, 0.05) is 17.4 Å². The second kappa shape index (κ2) is 5.56. The molecular weight excluding hydrogens is 272 g/mol. The molecule has 5 nitrogen and oxygen atoms in total. The molecule has 0 spiro atoms. The van der Waals surface area contributed by atoms with Gasteiger partial charge in [0.05, 0.1) is 26.7 Å². The number of carbonyl (C=O) groups is 1. The van der Waals surface area contributed by atoms with E-state index in [9.17, 15) is 4.79 Å². The molecule has 114 valence electrons. The Morgan fingerprint density at radius 3 is 2.86 bits per heavy atom. The first-order valence-electron chi connectivity index (χ1n) is 7.28. The Hall–Kier alpha value is -1.75. The second-order valence-electron chi connectivity index (χ2n) is 5.79. The Labute approximate surface area is 123 Å². The van der Waals surface area contributed by atoms with Crippen molar-refractivity contribution in [3.05, 3.63) is 23.8 Å². The Bertz CT molecular complexity index is 529. The highest BCUT2D eigenvalue weighted by Gasteiger charge is 2.48. The van der Waals surface area contributed by atoms with Crippen LogP contribution in [0.5, 0.6) is 11.5 Å². The van der Waals surface area contributed by atoms with E-state index >= 15 is 0 Å². The summed E-state index contributed by atoms with van der Waals surface area (Å²) in [7, 11) is 1.61. The summed E-state index contributed by atoms with van der Waals surface area (Å²) < 4.78 is 16.9. The number of hydrogen-bond donors (Lipinski definition) is 1. The van der Waals surface area contributed by atoms with E-state index in [-0.39, 0.29) is 17.9 Å². The van der Waals surface area contributed by atoms with Crippen molar-refractivity contribution in [2.75, 3.05) is 20.3 Å². The normalized spacial score (nSPS) is 22.8. The maximum atomic E-state index is 11.1. The molecule has 2 aliphatic rings. The molecule has 0 aromatic heterocycles. The fourth-order valence-electron chi connectivity index (χ4n) is 2.97. The predicted octanol–water partition coefficient (Wildman–Crippen LogP) is 2.37. The van der Waals surface area contributed by atoms with Crippen LogP contribution in [0.15, 0.2) is 18.2 Å². The molecule has 1 aromatic rings. The van der Waals surface area contributed by atoms with Crippen LogP contribution in [0.2, 0.25) is 0 Å². The monoisotopic (exact) mass is 292 g/mol. The zero-order valence-electron chi connectivity index (χ0n) is 12.1. The molecule has 3 rings (SSSR count). The van der Waals surface area contributed by atoms with Crippen LogP contribution in [0.25, 0.3) is 0 Å². The fourth-order valence-corrected chi connectivity index (χ4v) is 2.97. The van der Waals surface area contributed by atoms with Crippen molar-refractivity contribution >= 4 is 5.97 Å². The molecule has 2 fully saturated rings. The van der Waals surface area contributed by atoms with Gasteiger partial charge in [0.1, 0.15) is 6.10 Å². The summed E-state index contributed by atoms with van der Waals surface area (Å²) >= 11 is 0. The molecule has 0 amide bonds. The van der Waals surface area contributed by atoms with Crippen LogP contribution in [0.3, 0.4) is 0 Å². The number of ether oxygens (including phenoxy) is 3. The van der Waals surface area contributed by atoms with Crippen LogP contribution in [0, 0.1) is 0 Å². The molecule has 5 heteroatoms. The van der Waals surface area contributed by atoms with Gasteiger partial charge in [-0.1, -0.05) is 12.1 Å². The van der Waals surface area contributed by atoms with Gasteiger partial charge in [-0.2, -0.15) is 0 Å². The molecule has 1 unspecified atom stereocenters. The van der Waals surface area contributed by atoms with E-state index in [4.69, 9.17) is 19.3 Å². The highest BCUT2D eigenvalue weighted by Crippen LogP contribution is 2.55. The molecule has 1 saturated heterocycles. The predicted molar refractivity (Wildman–Crippen MR) is 76.0 cm³/mol. The summed E-state index contributed by atoms with van der Waals surface area (Å²) in [4.78, 5) is 11.1. The van der Waals surface area contributed by atoms with E-state index in [1.165, 1.54) is 0 Å². The lowest BCUT2D eigenvalue weighted by atomic mass is 9.91. The lowest BCUT2D eigenvalue weighted by Gasteiger charge is -2.22. The number of carboxylic acid groups (broad SMARTS) is 1. The summed E-state index contributed by atoms with van der Waals surface area (Å²) in [6.45, 7) is 1.28. The van der Waals surface area contributed by atoms with Crippen LogP contribution in [0.4, 0.5) is 0 Å².